The van der Waals surface area contributed by atoms with Crippen LogP contribution >= 0.6 is 15.9 Å². The van der Waals surface area contributed by atoms with Crippen LogP contribution in [0.3, 0.4) is 0 Å². The fraction of sp³-hybridized carbons (Fsp3) is 0.625. The number of rotatable bonds is 8. The molecule has 1 aromatic rings. The average Bonchev–Trinajstić information content (AvgIpc) is 2.33. The van der Waals surface area contributed by atoms with Crippen LogP contribution < -0.4 is 5.32 Å². The van der Waals surface area contributed by atoms with E-state index in [-0.39, 0.29) is 12.2 Å². The van der Waals surface area contributed by atoms with Gasteiger partial charge in [0.05, 0.1) is 12.2 Å². The average molecular weight is 328 g/mol. The zero-order valence-corrected chi connectivity index (χ0v) is 14.0. The molecule has 0 saturated heterocycles. The molecule has 0 aliphatic rings. The molecule has 0 fully saturated rings. The SMILES string of the molecule is CCNCC(OC(C)CC(C)C)c1cccc(Br)c1. The summed E-state index contributed by atoms with van der Waals surface area (Å²) in [5.74, 6) is 0.664. The van der Waals surface area contributed by atoms with E-state index < -0.39 is 0 Å². The normalized spacial score (nSPS) is 14.6. The van der Waals surface area contributed by atoms with Crippen LogP contribution in [0.5, 0.6) is 0 Å². The number of hydrogen-bond donors (Lipinski definition) is 1. The monoisotopic (exact) mass is 327 g/mol. The van der Waals surface area contributed by atoms with E-state index >= 15 is 0 Å². The summed E-state index contributed by atoms with van der Waals surface area (Å²) < 4.78 is 7.32. The fourth-order valence-electron chi connectivity index (χ4n) is 2.23. The highest BCUT2D eigenvalue weighted by Gasteiger charge is 2.16. The molecule has 1 rings (SSSR count). The Morgan fingerprint density at radius 2 is 2.00 bits per heavy atom. The van der Waals surface area contributed by atoms with Crippen LogP contribution in [0.4, 0.5) is 0 Å². The minimum absolute atomic E-state index is 0.117. The number of nitrogens with one attached hydrogen (secondary N) is 1. The van der Waals surface area contributed by atoms with Crippen molar-refractivity contribution < 1.29 is 4.74 Å². The second kappa shape index (κ2) is 8.72. The van der Waals surface area contributed by atoms with Gasteiger partial charge in [-0.1, -0.05) is 48.8 Å². The minimum atomic E-state index is 0.117. The first-order valence-electron chi connectivity index (χ1n) is 7.14. The van der Waals surface area contributed by atoms with Gasteiger partial charge in [-0.15, -0.1) is 0 Å². The van der Waals surface area contributed by atoms with Gasteiger partial charge < -0.3 is 10.1 Å². The molecular formula is C16H26BrNO. The summed E-state index contributed by atoms with van der Waals surface area (Å²) in [7, 11) is 0. The van der Waals surface area contributed by atoms with E-state index in [0.29, 0.717) is 5.92 Å². The van der Waals surface area contributed by atoms with Crippen molar-refractivity contribution in [3.05, 3.63) is 34.3 Å². The van der Waals surface area contributed by atoms with Gasteiger partial charge in [0.15, 0.2) is 0 Å². The Labute approximate surface area is 126 Å². The molecule has 0 aliphatic carbocycles. The molecule has 3 heteroatoms. The van der Waals surface area contributed by atoms with E-state index in [1.54, 1.807) is 0 Å². The molecule has 0 bridgehead atoms. The van der Waals surface area contributed by atoms with Crippen molar-refractivity contribution in [2.75, 3.05) is 13.1 Å². The summed E-state index contributed by atoms with van der Waals surface area (Å²) in [4.78, 5) is 0. The van der Waals surface area contributed by atoms with E-state index in [1.165, 1.54) is 5.56 Å². The predicted octanol–water partition coefficient (Wildman–Crippen LogP) is 4.55. The van der Waals surface area contributed by atoms with E-state index in [9.17, 15) is 0 Å². The van der Waals surface area contributed by atoms with Crippen LogP contribution in [-0.4, -0.2) is 19.2 Å². The van der Waals surface area contributed by atoms with Gasteiger partial charge in [0.1, 0.15) is 0 Å². The van der Waals surface area contributed by atoms with E-state index in [0.717, 1.165) is 24.0 Å². The fourth-order valence-corrected chi connectivity index (χ4v) is 2.64. The summed E-state index contributed by atoms with van der Waals surface area (Å²) in [6.45, 7) is 10.6. The van der Waals surface area contributed by atoms with Crippen molar-refractivity contribution in [2.24, 2.45) is 5.92 Å². The van der Waals surface area contributed by atoms with E-state index in [4.69, 9.17) is 4.74 Å². The highest BCUT2D eigenvalue weighted by Crippen LogP contribution is 2.23. The van der Waals surface area contributed by atoms with Gasteiger partial charge in [-0.05, 0) is 43.5 Å². The van der Waals surface area contributed by atoms with Gasteiger partial charge in [-0.2, -0.15) is 0 Å². The van der Waals surface area contributed by atoms with E-state index in [2.05, 4.69) is 67.1 Å². The number of likely N-dealkylation sites (N-methyl/N-ethyl adjacent to an activating group) is 1. The van der Waals surface area contributed by atoms with Crippen molar-refractivity contribution in [1.29, 1.82) is 0 Å². The summed E-state index contributed by atoms with van der Waals surface area (Å²) >= 11 is 3.53. The van der Waals surface area contributed by atoms with Crippen LogP contribution in [0, 0.1) is 5.92 Å². The molecular weight excluding hydrogens is 302 g/mol. The molecule has 1 aromatic carbocycles. The van der Waals surface area contributed by atoms with Gasteiger partial charge in [0.2, 0.25) is 0 Å². The van der Waals surface area contributed by atoms with Crippen molar-refractivity contribution in [3.63, 3.8) is 0 Å². The summed E-state index contributed by atoms with van der Waals surface area (Å²) in [6.07, 6.45) is 1.49. The lowest BCUT2D eigenvalue weighted by atomic mass is 10.1. The lowest BCUT2D eigenvalue weighted by Gasteiger charge is -2.24. The van der Waals surface area contributed by atoms with Gasteiger partial charge >= 0.3 is 0 Å². The zero-order valence-electron chi connectivity index (χ0n) is 12.4. The Hall–Kier alpha value is -0.380. The zero-order chi connectivity index (χ0) is 14.3. The highest BCUT2D eigenvalue weighted by molar-refractivity contribution is 9.10. The van der Waals surface area contributed by atoms with Crippen molar-refractivity contribution in [2.45, 2.75) is 46.3 Å². The molecule has 19 heavy (non-hydrogen) atoms. The number of benzene rings is 1. The molecule has 2 atom stereocenters. The first kappa shape index (κ1) is 16.7. The quantitative estimate of drug-likeness (QED) is 0.756. The molecule has 0 aliphatic heterocycles. The Bertz CT molecular complexity index is 368. The minimum Gasteiger partial charge on any atom is -0.369 e. The molecule has 0 amide bonds. The highest BCUT2D eigenvalue weighted by atomic mass is 79.9. The third-order valence-corrected chi connectivity index (χ3v) is 3.49. The van der Waals surface area contributed by atoms with Crippen molar-refractivity contribution in [1.82, 2.24) is 5.32 Å². The summed E-state index contributed by atoms with van der Waals surface area (Å²) in [6, 6.07) is 8.39. The molecule has 0 spiro atoms. The molecule has 0 saturated carbocycles. The number of ether oxygens (including phenoxy) is 1. The predicted molar refractivity (Wildman–Crippen MR) is 85.4 cm³/mol. The molecule has 0 heterocycles. The van der Waals surface area contributed by atoms with Crippen LogP contribution in [0.25, 0.3) is 0 Å². The van der Waals surface area contributed by atoms with Gasteiger partial charge in [-0.3, -0.25) is 0 Å². The standard InChI is InChI=1S/C16H26BrNO/c1-5-18-11-16(19-13(4)9-12(2)3)14-7-6-8-15(17)10-14/h6-8,10,12-13,16,18H,5,9,11H2,1-4H3. The number of halogens is 1. The van der Waals surface area contributed by atoms with Gasteiger partial charge in [0.25, 0.3) is 0 Å². The van der Waals surface area contributed by atoms with Crippen molar-refractivity contribution >= 4 is 15.9 Å². The van der Waals surface area contributed by atoms with Crippen LogP contribution in [0.1, 0.15) is 45.8 Å². The van der Waals surface area contributed by atoms with Gasteiger partial charge in [-0.25, -0.2) is 0 Å². The topological polar surface area (TPSA) is 21.3 Å². The smallest absolute Gasteiger partial charge is 0.0953 e. The molecule has 2 nitrogen and oxygen atoms in total. The molecule has 0 radical (unpaired) electrons. The Morgan fingerprint density at radius 1 is 1.26 bits per heavy atom. The summed E-state index contributed by atoms with van der Waals surface area (Å²) in [5.41, 5.74) is 1.23. The molecule has 1 N–H and O–H groups in total. The van der Waals surface area contributed by atoms with Crippen LogP contribution in [-0.2, 0) is 4.74 Å². The third kappa shape index (κ3) is 6.55. The second-order valence-corrected chi connectivity index (χ2v) is 6.34. The molecule has 2 unspecified atom stereocenters. The summed E-state index contributed by atoms with van der Waals surface area (Å²) in [5, 5.41) is 3.38. The maximum Gasteiger partial charge on any atom is 0.0953 e. The largest absolute Gasteiger partial charge is 0.369 e. The van der Waals surface area contributed by atoms with Crippen LogP contribution in [0.2, 0.25) is 0 Å². The first-order valence-corrected chi connectivity index (χ1v) is 7.93. The maximum absolute atomic E-state index is 6.22. The van der Waals surface area contributed by atoms with Gasteiger partial charge in [0, 0.05) is 11.0 Å². The van der Waals surface area contributed by atoms with Crippen LogP contribution in [0.15, 0.2) is 28.7 Å². The Morgan fingerprint density at radius 3 is 2.58 bits per heavy atom. The van der Waals surface area contributed by atoms with E-state index in [1.807, 2.05) is 6.07 Å². The third-order valence-electron chi connectivity index (χ3n) is 3.00. The Balaban J connectivity index is 2.71. The number of hydrogen-bond acceptors (Lipinski definition) is 2. The molecule has 108 valence electrons. The second-order valence-electron chi connectivity index (χ2n) is 5.43. The van der Waals surface area contributed by atoms with Crippen molar-refractivity contribution in [3.8, 4) is 0 Å². The maximum atomic E-state index is 6.22. The molecule has 0 aromatic heterocycles. The first-order chi connectivity index (χ1) is 9.02. The Kier molecular flexibility index (Phi) is 7.66. The lowest BCUT2D eigenvalue weighted by Crippen LogP contribution is -2.26. The lowest BCUT2D eigenvalue weighted by molar-refractivity contribution is -0.0124.